The first-order chi connectivity index (χ1) is 12.8. The van der Waals surface area contributed by atoms with Gasteiger partial charge in [-0.3, -0.25) is 4.79 Å². The summed E-state index contributed by atoms with van der Waals surface area (Å²) in [6, 6.07) is 7.18. The molecule has 2 rings (SSSR count). The highest BCUT2D eigenvalue weighted by atomic mass is 16.5. The lowest BCUT2D eigenvalue weighted by Crippen LogP contribution is -2.41. The van der Waals surface area contributed by atoms with E-state index in [0.717, 1.165) is 23.2 Å². The van der Waals surface area contributed by atoms with Gasteiger partial charge in [0, 0.05) is 18.3 Å². The van der Waals surface area contributed by atoms with Crippen molar-refractivity contribution >= 4 is 23.4 Å². The Labute approximate surface area is 160 Å². The number of para-hydroxylation sites is 1. The van der Waals surface area contributed by atoms with E-state index in [-0.39, 0.29) is 18.5 Å². The standard InChI is InChI=1S/C20H28N4O3/c1-13(2)9-10-24(12-18(25)21-17-11-16(5)27-23-17)20(26)22-19-14(3)7-6-8-15(19)4/h6-8,11,13H,9-10,12H2,1-5H3,(H,22,26)(H,21,23,25). The number of nitrogens with one attached hydrogen (secondary N) is 2. The average Bonchev–Trinajstić information content (AvgIpc) is 2.99. The van der Waals surface area contributed by atoms with Crippen LogP contribution in [-0.4, -0.2) is 35.1 Å². The molecule has 1 aromatic heterocycles. The van der Waals surface area contributed by atoms with Gasteiger partial charge in [0.05, 0.1) is 0 Å². The number of carbonyl (C=O) groups is 2. The zero-order valence-corrected chi connectivity index (χ0v) is 16.6. The smallest absolute Gasteiger partial charge is 0.322 e. The Bertz CT molecular complexity index is 778. The van der Waals surface area contributed by atoms with Crippen molar-refractivity contribution in [3.8, 4) is 0 Å². The molecular formula is C20H28N4O3. The Morgan fingerprint density at radius 1 is 1.15 bits per heavy atom. The molecule has 1 heterocycles. The first kappa shape index (κ1) is 20.5. The minimum absolute atomic E-state index is 0.0601. The van der Waals surface area contributed by atoms with Crippen LogP contribution in [0.3, 0.4) is 0 Å². The van der Waals surface area contributed by atoms with E-state index in [1.807, 2.05) is 32.0 Å². The van der Waals surface area contributed by atoms with Gasteiger partial charge in [0.2, 0.25) is 5.91 Å². The second-order valence-corrected chi connectivity index (χ2v) is 7.17. The summed E-state index contributed by atoms with van der Waals surface area (Å²) in [6.45, 7) is 10.2. The maximum absolute atomic E-state index is 12.8. The Hall–Kier alpha value is -2.83. The minimum Gasteiger partial charge on any atom is -0.360 e. The molecule has 0 atom stereocenters. The van der Waals surface area contributed by atoms with Gasteiger partial charge in [0.15, 0.2) is 5.82 Å². The van der Waals surface area contributed by atoms with E-state index in [2.05, 4.69) is 29.6 Å². The zero-order valence-electron chi connectivity index (χ0n) is 16.6. The number of rotatable bonds is 7. The predicted molar refractivity (Wildman–Crippen MR) is 106 cm³/mol. The molecule has 0 saturated carbocycles. The van der Waals surface area contributed by atoms with Crippen LogP contribution in [0.25, 0.3) is 0 Å². The van der Waals surface area contributed by atoms with Crippen molar-refractivity contribution in [2.75, 3.05) is 23.7 Å². The zero-order chi connectivity index (χ0) is 20.0. The molecule has 7 heteroatoms. The van der Waals surface area contributed by atoms with Crippen LogP contribution < -0.4 is 10.6 Å². The van der Waals surface area contributed by atoms with E-state index >= 15 is 0 Å². The van der Waals surface area contributed by atoms with Gasteiger partial charge in [-0.2, -0.15) is 0 Å². The van der Waals surface area contributed by atoms with Gasteiger partial charge in [0.1, 0.15) is 12.3 Å². The summed E-state index contributed by atoms with van der Waals surface area (Å²) in [5.41, 5.74) is 2.74. The normalized spacial score (nSPS) is 10.7. The van der Waals surface area contributed by atoms with Crippen molar-refractivity contribution in [3.63, 3.8) is 0 Å². The molecule has 2 N–H and O–H groups in total. The molecule has 0 saturated heterocycles. The van der Waals surface area contributed by atoms with Gasteiger partial charge in [-0.1, -0.05) is 37.2 Å². The third-order valence-electron chi connectivity index (χ3n) is 4.21. The van der Waals surface area contributed by atoms with Crippen molar-refractivity contribution < 1.29 is 14.1 Å². The van der Waals surface area contributed by atoms with Crippen LogP contribution in [0.2, 0.25) is 0 Å². The number of hydrogen-bond acceptors (Lipinski definition) is 4. The van der Waals surface area contributed by atoms with Gasteiger partial charge < -0.3 is 20.1 Å². The quantitative estimate of drug-likeness (QED) is 0.765. The third kappa shape index (κ3) is 6.13. The number of hydrogen-bond donors (Lipinski definition) is 2. The highest BCUT2D eigenvalue weighted by Gasteiger charge is 2.19. The molecule has 3 amide bonds. The fourth-order valence-corrected chi connectivity index (χ4v) is 2.65. The Balaban J connectivity index is 2.07. The summed E-state index contributed by atoms with van der Waals surface area (Å²) < 4.78 is 4.94. The predicted octanol–water partition coefficient (Wildman–Crippen LogP) is 4.12. The fourth-order valence-electron chi connectivity index (χ4n) is 2.65. The van der Waals surface area contributed by atoms with Crippen LogP contribution in [0.15, 0.2) is 28.8 Å². The summed E-state index contributed by atoms with van der Waals surface area (Å²) in [4.78, 5) is 26.7. The summed E-state index contributed by atoms with van der Waals surface area (Å²) >= 11 is 0. The lowest BCUT2D eigenvalue weighted by molar-refractivity contribution is -0.116. The van der Waals surface area contributed by atoms with Crippen molar-refractivity contribution in [1.82, 2.24) is 10.1 Å². The van der Waals surface area contributed by atoms with Crippen LogP contribution in [-0.2, 0) is 4.79 Å². The first-order valence-corrected chi connectivity index (χ1v) is 9.11. The number of aromatic nitrogens is 1. The molecule has 0 aliphatic carbocycles. The Morgan fingerprint density at radius 2 is 1.81 bits per heavy atom. The maximum Gasteiger partial charge on any atom is 0.322 e. The van der Waals surface area contributed by atoms with Crippen LogP contribution in [0.1, 0.15) is 37.2 Å². The number of anilines is 2. The molecule has 0 spiro atoms. The van der Waals surface area contributed by atoms with Gasteiger partial charge >= 0.3 is 6.03 Å². The molecule has 146 valence electrons. The van der Waals surface area contributed by atoms with Gasteiger partial charge in [-0.15, -0.1) is 0 Å². The topological polar surface area (TPSA) is 87.5 Å². The number of benzene rings is 1. The molecule has 1 aromatic carbocycles. The first-order valence-electron chi connectivity index (χ1n) is 9.11. The molecule has 0 unspecified atom stereocenters. The lowest BCUT2D eigenvalue weighted by Gasteiger charge is -2.24. The van der Waals surface area contributed by atoms with Crippen LogP contribution in [0, 0.1) is 26.7 Å². The number of amides is 3. The van der Waals surface area contributed by atoms with E-state index in [4.69, 9.17) is 4.52 Å². The molecule has 0 aliphatic rings. The van der Waals surface area contributed by atoms with E-state index < -0.39 is 0 Å². The fraction of sp³-hybridized carbons (Fsp3) is 0.450. The van der Waals surface area contributed by atoms with Crippen LogP contribution >= 0.6 is 0 Å². The summed E-state index contributed by atoms with van der Waals surface area (Å²) in [7, 11) is 0. The largest absolute Gasteiger partial charge is 0.360 e. The van der Waals surface area contributed by atoms with Crippen molar-refractivity contribution in [3.05, 3.63) is 41.2 Å². The summed E-state index contributed by atoms with van der Waals surface area (Å²) in [6.07, 6.45) is 0.802. The average molecular weight is 372 g/mol. The molecule has 2 aromatic rings. The molecule has 0 bridgehead atoms. The maximum atomic E-state index is 12.8. The van der Waals surface area contributed by atoms with E-state index in [0.29, 0.717) is 24.0 Å². The third-order valence-corrected chi connectivity index (χ3v) is 4.21. The highest BCUT2D eigenvalue weighted by molar-refractivity contribution is 5.97. The summed E-state index contributed by atoms with van der Waals surface area (Å²) in [5.74, 6) is 1.05. The SMILES string of the molecule is Cc1cc(NC(=O)CN(CCC(C)C)C(=O)Nc2c(C)cccc2C)no1. The minimum atomic E-state index is -0.316. The van der Waals surface area contributed by atoms with E-state index in [9.17, 15) is 9.59 Å². The Kier molecular flexibility index (Phi) is 6.98. The molecule has 27 heavy (non-hydrogen) atoms. The van der Waals surface area contributed by atoms with E-state index in [1.54, 1.807) is 13.0 Å². The number of urea groups is 1. The van der Waals surface area contributed by atoms with Gasteiger partial charge in [0.25, 0.3) is 0 Å². The number of carbonyl (C=O) groups excluding carboxylic acids is 2. The van der Waals surface area contributed by atoms with Crippen molar-refractivity contribution in [2.45, 2.75) is 41.0 Å². The lowest BCUT2D eigenvalue weighted by atomic mass is 10.1. The van der Waals surface area contributed by atoms with Crippen molar-refractivity contribution in [1.29, 1.82) is 0 Å². The summed E-state index contributed by atoms with van der Waals surface area (Å²) in [5, 5.41) is 9.35. The molecular weight excluding hydrogens is 344 g/mol. The second kappa shape index (κ2) is 9.21. The molecule has 0 fully saturated rings. The number of nitrogens with zero attached hydrogens (tertiary/aromatic N) is 2. The monoisotopic (exact) mass is 372 g/mol. The second-order valence-electron chi connectivity index (χ2n) is 7.17. The van der Waals surface area contributed by atoms with Crippen molar-refractivity contribution in [2.24, 2.45) is 5.92 Å². The Morgan fingerprint density at radius 3 is 2.37 bits per heavy atom. The molecule has 0 radical (unpaired) electrons. The number of aryl methyl sites for hydroxylation is 3. The van der Waals surface area contributed by atoms with Crippen LogP contribution in [0.5, 0.6) is 0 Å². The highest BCUT2D eigenvalue weighted by Crippen LogP contribution is 2.20. The van der Waals surface area contributed by atoms with E-state index in [1.165, 1.54) is 4.90 Å². The molecule has 0 aliphatic heterocycles. The van der Waals surface area contributed by atoms with Gasteiger partial charge in [-0.25, -0.2) is 4.79 Å². The van der Waals surface area contributed by atoms with Crippen LogP contribution in [0.4, 0.5) is 16.3 Å². The van der Waals surface area contributed by atoms with Gasteiger partial charge in [-0.05, 0) is 44.2 Å². The molecule has 7 nitrogen and oxygen atoms in total.